The summed E-state index contributed by atoms with van der Waals surface area (Å²) in [4.78, 5) is 16.3. The first-order valence-corrected chi connectivity index (χ1v) is 7.36. The highest BCUT2D eigenvalue weighted by Crippen LogP contribution is 2.54. The van der Waals surface area contributed by atoms with Crippen molar-refractivity contribution < 1.29 is 4.79 Å². The normalized spacial score (nSPS) is 14.8. The molecule has 1 aliphatic carbocycles. The fraction of sp³-hybridized carbons (Fsp3) is 0.412. The second-order valence-corrected chi connectivity index (χ2v) is 5.81. The van der Waals surface area contributed by atoms with Gasteiger partial charge in [0.2, 0.25) is 5.91 Å². The number of pyridine rings is 1. The monoisotopic (exact) mass is 340 g/mol. The van der Waals surface area contributed by atoms with Crippen LogP contribution in [-0.2, 0) is 5.41 Å². The number of hydrogen-bond donors (Lipinski definition) is 1. The van der Waals surface area contributed by atoms with Gasteiger partial charge in [0.15, 0.2) is 0 Å². The summed E-state index contributed by atoms with van der Waals surface area (Å²) < 4.78 is 0. The highest BCUT2D eigenvalue weighted by atomic mass is 35.5. The molecule has 1 fully saturated rings. The third-order valence-electron chi connectivity index (χ3n) is 4.43. The molecular formula is C17H22Cl2N2O. The zero-order valence-corrected chi connectivity index (χ0v) is 14.3. The molecular weight excluding hydrogens is 319 g/mol. The Morgan fingerprint density at radius 1 is 1.27 bits per heavy atom. The molecule has 1 heterocycles. The second-order valence-electron chi connectivity index (χ2n) is 5.81. The number of primary amides is 1. The summed E-state index contributed by atoms with van der Waals surface area (Å²) >= 11 is 0. The topological polar surface area (TPSA) is 56.0 Å². The van der Waals surface area contributed by atoms with E-state index in [0.717, 1.165) is 35.7 Å². The molecule has 2 N–H and O–H groups in total. The molecule has 2 aromatic rings. The van der Waals surface area contributed by atoms with E-state index in [1.807, 2.05) is 24.3 Å². The molecule has 22 heavy (non-hydrogen) atoms. The molecule has 0 atom stereocenters. The second kappa shape index (κ2) is 7.30. The van der Waals surface area contributed by atoms with Gasteiger partial charge in [-0.1, -0.05) is 31.9 Å². The molecule has 1 aliphatic rings. The molecule has 1 amide bonds. The van der Waals surface area contributed by atoms with Crippen LogP contribution in [0.25, 0.3) is 10.9 Å². The third-order valence-corrected chi connectivity index (χ3v) is 4.43. The highest BCUT2D eigenvalue weighted by Gasteiger charge is 2.46. The molecule has 0 radical (unpaired) electrons. The Balaban J connectivity index is 0.00000121. The molecule has 5 heteroatoms. The first-order valence-electron chi connectivity index (χ1n) is 7.36. The van der Waals surface area contributed by atoms with Crippen LogP contribution in [0.4, 0.5) is 0 Å². The third kappa shape index (κ3) is 3.21. The summed E-state index contributed by atoms with van der Waals surface area (Å²) in [5.41, 5.74) is 8.43. The number of amides is 1. The van der Waals surface area contributed by atoms with Gasteiger partial charge < -0.3 is 5.73 Å². The van der Waals surface area contributed by atoms with Gasteiger partial charge in [0.25, 0.3) is 0 Å². The van der Waals surface area contributed by atoms with Gasteiger partial charge in [-0.05, 0) is 42.4 Å². The number of rotatable bonds is 5. The summed E-state index contributed by atoms with van der Waals surface area (Å²) in [6.07, 6.45) is 7.56. The average molecular weight is 341 g/mol. The van der Waals surface area contributed by atoms with Crippen molar-refractivity contribution in [2.24, 2.45) is 5.73 Å². The van der Waals surface area contributed by atoms with Crippen LogP contribution in [0.15, 0.2) is 30.5 Å². The zero-order valence-electron chi connectivity index (χ0n) is 12.7. The minimum atomic E-state index is -0.338. The number of unbranched alkanes of at least 4 members (excludes halogenated alkanes) is 1. The van der Waals surface area contributed by atoms with Crippen LogP contribution >= 0.6 is 24.8 Å². The Labute approximate surface area is 143 Å². The van der Waals surface area contributed by atoms with Crippen LogP contribution in [0.2, 0.25) is 0 Å². The van der Waals surface area contributed by atoms with E-state index < -0.39 is 0 Å². The molecule has 1 saturated carbocycles. The summed E-state index contributed by atoms with van der Waals surface area (Å²) in [6.45, 7) is 2.20. The van der Waals surface area contributed by atoms with E-state index in [1.54, 1.807) is 6.20 Å². The van der Waals surface area contributed by atoms with Crippen molar-refractivity contribution >= 4 is 41.6 Å². The average Bonchev–Trinajstić information content (AvgIpc) is 3.24. The molecule has 120 valence electrons. The van der Waals surface area contributed by atoms with Gasteiger partial charge in [0.1, 0.15) is 0 Å². The van der Waals surface area contributed by atoms with Crippen molar-refractivity contribution in [3.63, 3.8) is 0 Å². The molecule has 0 unspecified atom stereocenters. The van der Waals surface area contributed by atoms with E-state index in [4.69, 9.17) is 5.73 Å². The van der Waals surface area contributed by atoms with Gasteiger partial charge in [-0.25, -0.2) is 0 Å². The van der Waals surface area contributed by atoms with Crippen molar-refractivity contribution in [1.29, 1.82) is 0 Å². The maximum Gasteiger partial charge on any atom is 0.249 e. The largest absolute Gasteiger partial charge is 0.366 e. The quantitative estimate of drug-likeness (QED) is 0.876. The van der Waals surface area contributed by atoms with Gasteiger partial charge >= 0.3 is 0 Å². The Morgan fingerprint density at radius 2 is 2.00 bits per heavy atom. The van der Waals surface area contributed by atoms with Crippen LogP contribution in [0.1, 0.15) is 54.9 Å². The maximum atomic E-state index is 11.8. The predicted molar refractivity (Wildman–Crippen MR) is 95.2 cm³/mol. The minimum absolute atomic E-state index is 0. The number of benzene rings is 1. The van der Waals surface area contributed by atoms with E-state index in [2.05, 4.69) is 11.9 Å². The lowest BCUT2D eigenvalue weighted by atomic mass is 9.85. The van der Waals surface area contributed by atoms with E-state index >= 15 is 0 Å². The molecule has 0 saturated heterocycles. The van der Waals surface area contributed by atoms with Crippen molar-refractivity contribution in [3.05, 3.63) is 41.6 Å². The summed E-state index contributed by atoms with van der Waals surface area (Å²) in [6, 6.07) is 7.80. The number of nitrogens with zero attached hydrogens (tertiary/aromatic N) is 1. The smallest absolute Gasteiger partial charge is 0.249 e. The molecule has 0 aliphatic heterocycles. The lowest BCUT2D eigenvalue weighted by Crippen LogP contribution is -2.19. The van der Waals surface area contributed by atoms with Crippen LogP contribution in [0.3, 0.4) is 0 Å². The standard InChI is InChI=1S/C17H20N2O.2ClH/c1-2-3-8-17(9-10-17)14-13(16(18)20)7-6-12-5-4-11-19-15(12)14;;/h4-7,11H,2-3,8-10H2,1H3,(H2,18,20);2*1H. The van der Waals surface area contributed by atoms with Crippen molar-refractivity contribution in [3.8, 4) is 0 Å². The first-order chi connectivity index (χ1) is 9.68. The molecule has 0 bridgehead atoms. The van der Waals surface area contributed by atoms with E-state index in [-0.39, 0.29) is 36.1 Å². The van der Waals surface area contributed by atoms with Gasteiger partial charge in [0.05, 0.1) is 5.52 Å². The summed E-state index contributed by atoms with van der Waals surface area (Å²) in [5, 5.41) is 1.09. The van der Waals surface area contributed by atoms with Crippen molar-refractivity contribution in [2.45, 2.75) is 44.4 Å². The van der Waals surface area contributed by atoms with Crippen molar-refractivity contribution in [1.82, 2.24) is 4.98 Å². The lowest BCUT2D eigenvalue weighted by molar-refractivity contribution is 0.0998. The van der Waals surface area contributed by atoms with Gasteiger partial charge in [-0.15, -0.1) is 24.8 Å². The van der Waals surface area contributed by atoms with Crippen LogP contribution in [0, 0.1) is 0 Å². The van der Waals surface area contributed by atoms with Gasteiger partial charge in [-0.2, -0.15) is 0 Å². The fourth-order valence-corrected chi connectivity index (χ4v) is 3.18. The molecule has 0 spiro atoms. The first kappa shape index (κ1) is 18.7. The molecule has 1 aromatic heterocycles. The number of hydrogen-bond acceptors (Lipinski definition) is 2. The van der Waals surface area contributed by atoms with Crippen molar-refractivity contribution in [2.75, 3.05) is 0 Å². The Kier molecular flexibility index (Phi) is 6.21. The van der Waals surface area contributed by atoms with Gasteiger partial charge in [0, 0.05) is 17.1 Å². The number of carbonyl (C=O) groups excluding carboxylic acids is 1. The van der Waals surface area contributed by atoms with E-state index in [0.29, 0.717) is 5.56 Å². The SMILES string of the molecule is CCCCC1(c2c(C(N)=O)ccc3cccnc23)CC1.Cl.Cl. The number of halogens is 2. The van der Waals surface area contributed by atoms with Crippen LogP contribution < -0.4 is 5.73 Å². The number of fused-ring (bicyclic) bond motifs is 1. The Morgan fingerprint density at radius 3 is 2.59 bits per heavy atom. The van der Waals surface area contributed by atoms with Crippen LogP contribution in [-0.4, -0.2) is 10.9 Å². The minimum Gasteiger partial charge on any atom is -0.366 e. The number of aromatic nitrogens is 1. The highest BCUT2D eigenvalue weighted by molar-refractivity contribution is 6.00. The summed E-state index contributed by atoms with van der Waals surface area (Å²) in [7, 11) is 0. The Bertz CT molecular complexity index is 669. The number of carbonyl (C=O) groups is 1. The summed E-state index contributed by atoms with van der Waals surface area (Å²) in [5.74, 6) is -0.338. The predicted octanol–water partition coefficient (Wildman–Crippen LogP) is 4.40. The van der Waals surface area contributed by atoms with Crippen LogP contribution in [0.5, 0.6) is 0 Å². The van der Waals surface area contributed by atoms with E-state index in [9.17, 15) is 4.79 Å². The van der Waals surface area contributed by atoms with E-state index in [1.165, 1.54) is 12.8 Å². The lowest BCUT2D eigenvalue weighted by Gasteiger charge is -2.20. The maximum absolute atomic E-state index is 11.8. The molecule has 3 rings (SSSR count). The fourth-order valence-electron chi connectivity index (χ4n) is 3.18. The molecule has 3 nitrogen and oxygen atoms in total. The van der Waals surface area contributed by atoms with Gasteiger partial charge in [-0.3, -0.25) is 9.78 Å². The Hall–Kier alpha value is -1.32. The molecule has 1 aromatic carbocycles. The number of nitrogens with two attached hydrogens (primary N) is 1. The zero-order chi connectivity index (χ0) is 14.2.